The van der Waals surface area contributed by atoms with Crippen LogP contribution < -0.4 is 5.32 Å². The van der Waals surface area contributed by atoms with Crippen molar-refractivity contribution in [2.45, 2.75) is 421 Å². The molecular weight excluding hydrogens is 1160 g/mol. The molecule has 0 aromatic carbocycles. The molecule has 2 rings (SSSR count). The molecule has 2 aliphatic heterocycles. The fourth-order valence-corrected chi connectivity index (χ4v) is 12.8. The molecule has 540 valence electrons. The summed E-state index contributed by atoms with van der Waals surface area (Å²) < 4.78 is 22.9. The first kappa shape index (κ1) is 86.0. The number of aliphatic hydroxyl groups is 8. The minimum Gasteiger partial charge on any atom is -0.394 e. The molecule has 2 aliphatic rings. The van der Waals surface area contributed by atoms with Gasteiger partial charge in [0.25, 0.3) is 0 Å². The number of ether oxygens (including phenoxy) is 4. The maximum Gasteiger partial charge on any atom is 0.220 e. The molecule has 0 radical (unpaired) electrons. The number of carbonyl (C=O) groups is 1. The van der Waals surface area contributed by atoms with E-state index in [2.05, 4.69) is 55.6 Å². The second kappa shape index (κ2) is 62.5. The number of unbranched alkanes of at least 4 members (excludes halogenated alkanes) is 46. The third-order valence-electron chi connectivity index (χ3n) is 19.0. The lowest BCUT2D eigenvalue weighted by Gasteiger charge is -2.46. The number of carbonyl (C=O) groups excluding carboxylic acids is 1. The first-order valence-electron chi connectivity index (χ1n) is 38.9. The van der Waals surface area contributed by atoms with Gasteiger partial charge in [-0.1, -0.05) is 326 Å². The number of amides is 1. The van der Waals surface area contributed by atoms with Gasteiger partial charge in [-0.3, -0.25) is 4.79 Å². The van der Waals surface area contributed by atoms with Crippen LogP contribution in [0, 0.1) is 0 Å². The van der Waals surface area contributed by atoms with Gasteiger partial charge in [-0.15, -0.1) is 0 Å². The van der Waals surface area contributed by atoms with Crippen molar-refractivity contribution in [2.24, 2.45) is 0 Å². The molecule has 0 bridgehead atoms. The highest BCUT2D eigenvalue weighted by Crippen LogP contribution is 2.30. The zero-order valence-electron chi connectivity index (χ0n) is 59.1. The average molecular weight is 1310 g/mol. The van der Waals surface area contributed by atoms with E-state index in [1.165, 1.54) is 276 Å². The SMILES string of the molecule is CCCCCCC/C=C\C/C=C\CCCCCCCCCCCCCCCCCCCCCCCCCCCCCC(=O)NC(COC1OC(CO)C(OC2OC(CO)C(O)C(O)C2O)C(O)C1O)C(O)/C=C/CC/C=C/CCCCCCCCCCCCCCC. The fraction of sp³-hybridized carbons (Fsp3) is 0.885. The molecule has 92 heavy (non-hydrogen) atoms. The molecule has 14 heteroatoms. The zero-order chi connectivity index (χ0) is 66.6. The molecule has 0 aliphatic carbocycles. The highest BCUT2D eigenvalue weighted by molar-refractivity contribution is 5.76. The van der Waals surface area contributed by atoms with Gasteiger partial charge in [-0.05, 0) is 64.2 Å². The number of allylic oxidation sites excluding steroid dienone is 7. The molecule has 14 nitrogen and oxygen atoms in total. The lowest BCUT2D eigenvalue weighted by atomic mass is 9.97. The standard InChI is InChI=1S/C78H145NO13/c1-3-5-7-9-11-13-15-17-19-21-23-24-25-26-27-28-29-30-31-32-33-34-35-36-37-38-39-40-41-42-44-46-48-50-52-54-56-58-60-62-70(83)79-66(67(82)61-59-57-55-53-51-49-47-45-43-22-20-18-16-14-12-10-8-6-4-2)65-89-77-75(88)73(86)76(69(64-81)91-77)92-78-74(87)72(85)71(84)68(63-80)90-78/h15,17,21,23,51,53,59,61,66-69,71-78,80-82,84-88H,3-14,16,18-20,22,24-50,52,54-58,60,62-65H2,1-2H3,(H,79,83)/b17-15-,23-21-,53-51+,61-59+. The Labute approximate surface area is 563 Å². The molecule has 0 aromatic rings. The van der Waals surface area contributed by atoms with Crippen LogP contribution in [0.25, 0.3) is 0 Å². The second-order valence-electron chi connectivity index (χ2n) is 27.5. The largest absolute Gasteiger partial charge is 0.394 e. The Bertz CT molecular complexity index is 1730. The Morgan fingerprint density at radius 2 is 0.728 bits per heavy atom. The van der Waals surface area contributed by atoms with Crippen molar-refractivity contribution in [3.05, 3.63) is 48.6 Å². The van der Waals surface area contributed by atoms with Crippen LogP contribution >= 0.6 is 0 Å². The molecule has 0 spiro atoms. The average Bonchev–Trinajstić information content (AvgIpc) is 1.05. The highest BCUT2D eigenvalue weighted by Gasteiger charge is 2.51. The van der Waals surface area contributed by atoms with Crippen LogP contribution in [-0.4, -0.2) is 140 Å². The Kier molecular flexibility index (Phi) is 58.4. The highest BCUT2D eigenvalue weighted by atomic mass is 16.7. The van der Waals surface area contributed by atoms with Gasteiger partial charge in [0.05, 0.1) is 32.0 Å². The predicted octanol–water partition coefficient (Wildman–Crippen LogP) is 17.0. The van der Waals surface area contributed by atoms with Crippen LogP contribution in [0.1, 0.15) is 348 Å². The van der Waals surface area contributed by atoms with E-state index in [9.17, 15) is 45.6 Å². The zero-order valence-corrected chi connectivity index (χ0v) is 59.1. The van der Waals surface area contributed by atoms with E-state index in [0.717, 1.165) is 38.5 Å². The van der Waals surface area contributed by atoms with Crippen LogP contribution in [0.4, 0.5) is 0 Å². The summed E-state index contributed by atoms with van der Waals surface area (Å²) in [5, 5.41) is 87.5. The number of rotatable bonds is 65. The lowest BCUT2D eigenvalue weighted by Crippen LogP contribution is -2.65. The summed E-state index contributed by atoms with van der Waals surface area (Å²) in [7, 11) is 0. The minimum absolute atomic E-state index is 0.243. The van der Waals surface area contributed by atoms with Gasteiger partial charge in [0.15, 0.2) is 12.6 Å². The summed E-state index contributed by atoms with van der Waals surface area (Å²) in [6.45, 7) is 2.82. The van der Waals surface area contributed by atoms with E-state index in [4.69, 9.17) is 18.9 Å². The van der Waals surface area contributed by atoms with Crippen molar-refractivity contribution < 1.29 is 64.6 Å². The van der Waals surface area contributed by atoms with Crippen molar-refractivity contribution in [1.82, 2.24) is 5.32 Å². The third kappa shape index (κ3) is 45.5. The van der Waals surface area contributed by atoms with Crippen LogP contribution in [-0.2, 0) is 23.7 Å². The number of hydrogen-bond donors (Lipinski definition) is 9. The Balaban J connectivity index is 1.57. The Morgan fingerprint density at radius 1 is 0.391 bits per heavy atom. The molecule has 2 fully saturated rings. The first-order chi connectivity index (χ1) is 45.1. The van der Waals surface area contributed by atoms with E-state index < -0.39 is 86.8 Å². The quantitative estimate of drug-likeness (QED) is 0.0204. The second-order valence-corrected chi connectivity index (χ2v) is 27.5. The molecule has 0 saturated carbocycles. The molecule has 1 amide bonds. The van der Waals surface area contributed by atoms with Gasteiger partial charge in [0.1, 0.15) is 48.8 Å². The molecule has 12 unspecified atom stereocenters. The van der Waals surface area contributed by atoms with E-state index in [1.54, 1.807) is 6.08 Å². The van der Waals surface area contributed by atoms with Crippen LogP contribution in [0.3, 0.4) is 0 Å². The number of aliphatic hydroxyl groups excluding tert-OH is 8. The molecule has 2 saturated heterocycles. The molecule has 9 N–H and O–H groups in total. The summed E-state index contributed by atoms with van der Waals surface area (Å²) in [6.07, 6.45) is 66.3. The lowest BCUT2D eigenvalue weighted by molar-refractivity contribution is -0.359. The number of hydrogen-bond acceptors (Lipinski definition) is 13. The van der Waals surface area contributed by atoms with Gasteiger partial charge >= 0.3 is 0 Å². The van der Waals surface area contributed by atoms with E-state index in [0.29, 0.717) is 12.8 Å². The van der Waals surface area contributed by atoms with Crippen molar-refractivity contribution in [3.63, 3.8) is 0 Å². The van der Waals surface area contributed by atoms with Crippen LogP contribution in [0.5, 0.6) is 0 Å². The maximum atomic E-state index is 13.3. The van der Waals surface area contributed by atoms with Crippen molar-refractivity contribution >= 4 is 5.91 Å². The molecule has 0 aromatic heterocycles. The van der Waals surface area contributed by atoms with Gasteiger partial charge in [0.2, 0.25) is 5.91 Å². The third-order valence-corrected chi connectivity index (χ3v) is 19.0. The molecule has 12 atom stereocenters. The normalized spacial score (nSPS) is 22.9. The van der Waals surface area contributed by atoms with Crippen LogP contribution in [0.2, 0.25) is 0 Å². The first-order valence-corrected chi connectivity index (χ1v) is 38.9. The summed E-state index contributed by atoms with van der Waals surface area (Å²) in [5.41, 5.74) is 0. The van der Waals surface area contributed by atoms with E-state index in [1.807, 2.05) is 6.08 Å². The minimum atomic E-state index is -1.79. The molecular formula is C78H145NO13. The summed E-state index contributed by atoms with van der Waals surface area (Å²) in [5.74, 6) is -0.243. The summed E-state index contributed by atoms with van der Waals surface area (Å²) in [6, 6.07) is -0.931. The van der Waals surface area contributed by atoms with E-state index in [-0.39, 0.29) is 18.9 Å². The van der Waals surface area contributed by atoms with Crippen LogP contribution in [0.15, 0.2) is 48.6 Å². The summed E-state index contributed by atoms with van der Waals surface area (Å²) in [4.78, 5) is 13.3. The number of nitrogens with one attached hydrogen (secondary N) is 1. The topological polar surface area (TPSA) is 228 Å². The predicted molar refractivity (Wildman–Crippen MR) is 378 cm³/mol. The monoisotopic (exact) mass is 1300 g/mol. The summed E-state index contributed by atoms with van der Waals surface area (Å²) >= 11 is 0. The molecule has 2 heterocycles. The van der Waals surface area contributed by atoms with Crippen molar-refractivity contribution in [2.75, 3.05) is 19.8 Å². The Morgan fingerprint density at radius 3 is 1.13 bits per heavy atom. The van der Waals surface area contributed by atoms with Gasteiger partial charge in [0, 0.05) is 6.42 Å². The smallest absolute Gasteiger partial charge is 0.220 e. The van der Waals surface area contributed by atoms with Gasteiger partial charge in [-0.2, -0.15) is 0 Å². The van der Waals surface area contributed by atoms with E-state index >= 15 is 0 Å². The van der Waals surface area contributed by atoms with Crippen molar-refractivity contribution in [3.8, 4) is 0 Å². The maximum absolute atomic E-state index is 13.3. The van der Waals surface area contributed by atoms with Crippen molar-refractivity contribution in [1.29, 1.82) is 0 Å². The van der Waals surface area contributed by atoms with Gasteiger partial charge in [-0.25, -0.2) is 0 Å². The van der Waals surface area contributed by atoms with Gasteiger partial charge < -0.3 is 65.1 Å². The fourth-order valence-electron chi connectivity index (χ4n) is 12.8. The Hall–Kier alpha value is -2.05.